The van der Waals surface area contributed by atoms with Gasteiger partial charge in [-0.3, -0.25) is 4.79 Å². The normalized spacial score (nSPS) is 19.9. The highest BCUT2D eigenvalue weighted by molar-refractivity contribution is 5.69. The summed E-state index contributed by atoms with van der Waals surface area (Å²) in [5, 5.41) is 12.9. The zero-order valence-corrected chi connectivity index (χ0v) is 16.8. The van der Waals surface area contributed by atoms with Gasteiger partial charge in [-0.15, -0.1) is 0 Å². The fraction of sp³-hybridized carbons (Fsp3) is 0.458. The monoisotopic (exact) mass is 397 g/mol. The van der Waals surface area contributed by atoms with Gasteiger partial charge in [0.25, 0.3) is 0 Å². The van der Waals surface area contributed by atoms with Gasteiger partial charge in [-0.2, -0.15) is 0 Å². The first-order valence-corrected chi connectivity index (χ1v) is 10.5. The molecule has 1 aliphatic carbocycles. The second-order valence-electron chi connectivity index (χ2n) is 8.32. The first kappa shape index (κ1) is 19.9. The van der Waals surface area contributed by atoms with Crippen LogP contribution in [0.3, 0.4) is 0 Å². The molecule has 4 rings (SSSR count). The Balaban J connectivity index is 1.57. The third-order valence-electron chi connectivity index (χ3n) is 6.73. The first-order chi connectivity index (χ1) is 14.0. The number of carboxylic acid groups (broad SMARTS) is 1. The molecule has 0 amide bonds. The molecule has 1 unspecified atom stereocenters. The van der Waals surface area contributed by atoms with E-state index in [1.54, 1.807) is 6.07 Å². The summed E-state index contributed by atoms with van der Waals surface area (Å²) >= 11 is 0. The third kappa shape index (κ3) is 3.88. The van der Waals surface area contributed by atoms with Crippen LogP contribution in [0.25, 0.3) is 0 Å². The van der Waals surface area contributed by atoms with Crippen molar-refractivity contribution in [3.05, 3.63) is 64.5 Å². The molecule has 1 atom stereocenters. The van der Waals surface area contributed by atoms with Gasteiger partial charge in [0.05, 0.1) is 6.42 Å². The first-order valence-electron chi connectivity index (χ1n) is 10.5. The predicted octanol–water partition coefficient (Wildman–Crippen LogP) is 4.45. The van der Waals surface area contributed by atoms with Crippen LogP contribution in [0, 0.1) is 11.2 Å². The molecule has 29 heavy (non-hydrogen) atoms. The van der Waals surface area contributed by atoms with E-state index >= 15 is 0 Å². The Kier molecular flexibility index (Phi) is 5.59. The quantitative estimate of drug-likeness (QED) is 0.756. The highest BCUT2D eigenvalue weighted by Gasteiger charge is 2.47. The topological polar surface area (TPSA) is 58.6 Å². The van der Waals surface area contributed by atoms with Crippen molar-refractivity contribution in [3.8, 4) is 5.75 Å². The molecule has 2 N–H and O–H groups in total. The van der Waals surface area contributed by atoms with E-state index in [2.05, 4.69) is 5.32 Å². The van der Waals surface area contributed by atoms with Crippen LogP contribution in [0.2, 0.25) is 0 Å². The number of hydrogen-bond donors (Lipinski definition) is 2. The molecule has 4 nitrogen and oxygen atoms in total. The van der Waals surface area contributed by atoms with Crippen LogP contribution in [-0.4, -0.2) is 24.2 Å². The average Bonchev–Trinajstić information content (AvgIpc) is 2.98. The van der Waals surface area contributed by atoms with Crippen molar-refractivity contribution in [1.82, 2.24) is 5.32 Å². The number of benzene rings is 2. The molecule has 1 spiro atoms. The number of piperidine rings is 1. The van der Waals surface area contributed by atoms with Crippen molar-refractivity contribution < 1.29 is 19.0 Å². The summed E-state index contributed by atoms with van der Waals surface area (Å²) in [5.41, 5.74) is 3.91. The molecule has 2 aromatic rings. The van der Waals surface area contributed by atoms with Gasteiger partial charge in [0.1, 0.15) is 18.2 Å². The number of fused-ring (bicyclic) bond motifs is 1. The molecule has 0 aromatic heterocycles. The largest absolute Gasteiger partial charge is 0.489 e. The Morgan fingerprint density at radius 3 is 2.79 bits per heavy atom. The van der Waals surface area contributed by atoms with Gasteiger partial charge >= 0.3 is 5.97 Å². The number of carboxylic acids is 1. The maximum atomic E-state index is 14.2. The minimum absolute atomic E-state index is 0.0194. The van der Waals surface area contributed by atoms with Gasteiger partial charge < -0.3 is 15.2 Å². The Labute approximate surface area is 171 Å². The lowest BCUT2D eigenvalue weighted by atomic mass is 9.68. The van der Waals surface area contributed by atoms with Crippen molar-refractivity contribution in [1.29, 1.82) is 0 Å². The van der Waals surface area contributed by atoms with E-state index < -0.39 is 5.97 Å². The molecule has 5 heteroatoms. The zero-order valence-electron chi connectivity index (χ0n) is 16.8. The van der Waals surface area contributed by atoms with Gasteiger partial charge in [0, 0.05) is 11.5 Å². The standard InChI is InChI=1S/C24H28FNO3/c1-2-16-4-3-5-22(25)20(16)15-29-18-6-7-19-17(12-18)14-24(8-10-26-11-9-24)21(19)13-23(27)28/h3-7,12,21,26H,2,8-11,13-15H2,1H3,(H,27,28). The lowest BCUT2D eigenvalue weighted by molar-refractivity contribution is -0.138. The number of nitrogens with one attached hydrogen (secondary N) is 1. The summed E-state index contributed by atoms with van der Waals surface area (Å²) in [6.45, 7) is 4.07. The van der Waals surface area contributed by atoms with Crippen LogP contribution in [-0.2, 0) is 24.2 Å². The molecular weight excluding hydrogens is 369 g/mol. The SMILES string of the molecule is CCc1cccc(F)c1COc1ccc2c(c1)CC1(CCNCC1)C2CC(=O)O. The van der Waals surface area contributed by atoms with E-state index in [9.17, 15) is 14.3 Å². The highest BCUT2D eigenvalue weighted by atomic mass is 19.1. The van der Waals surface area contributed by atoms with Gasteiger partial charge in [-0.1, -0.05) is 25.1 Å². The van der Waals surface area contributed by atoms with Crippen LogP contribution in [0.5, 0.6) is 5.75 Å². The number of halogens is 1. The van der Waals surface area contributed by atoms with E-state index in [1.807, 2.05) is 31.2 Å². The lowest BCUT2D eigenvalue weighted by Gasteiger charge is -2.39. The van der Waals surface area contributed by atoms with Crippen molar-refractivity contribution in [3.63, 3.8) is 0 Å². The molecule has 1 aliphatic heterocycles. The molecule has 1 heterocycles. The fourth-order valence-corrected chi connectivity index (χ4v) is 5.20. The van der Waals surface area contributed by atoms with E-state index in [0.717, 1.165) is 49.9 Å². The Hall–Kier alpha value is -2.40. The Morgan fingerprint density at radius 2 is 2.07 bits per heavy atom. The van der Waals surface area contributed by atoms with E-state index in [-0.39, 0.29) is 30.2 Å². The highest BCUT2D eigenvalue weighted by Crippen LogP contribution is 2.54. The van der Waals surface area contributed by atoms with E-state index in [4.69, 9.17) is 4.74 Å². The number of hydrogen-bond acceptors (Lipinski definition) is 3. The van der Waals surface area contributed by atoms with Crippen LogP contribution >= 0.6 is 0 Å². The molecule has 2 aromatic carbocycles. The van der Waals surface area contributed by atoms with Gasteiger partial charge in [0.2, 0.25) is 0 Å². The van der Waals surface area contributed by atoms with Crippen LogP contribution in [0.15, 0.2) is 36.4 Å². The second kappa shape index (κ2) is 8.15. The summed E-state index contributed by atoms with van der Waals surface area (Å²) in [5.74, 6) is -0.216. The molecule has 0 bridgehead atoms. The summed E-state index contributed by atoms with van der Waals surface area (Å²) in [6.07, 6.45) is 3.80. The molecule has 2 aliphatic rings. The summed E-state index contributed by atoms with van der Waals surface area (Å²) < 4.78 is 20.2. The van der Waals surface area contributed by atoms with E-state index in [1.165, 1.54) is 11.6 Å². The maximum Gasteiger partial charge on any atom is 0.303 e. The average molecular weight is 397 g/mol. The van der Waals surface area contributed by atoms with Crippen molar-refractivity contribution in [2.24, 2.45) is 5.41 Å². The molecule has 1 fully saturated rings. The van der Waals surface area contributed by atoms with Crippen LogP contribution in [0.4, 0.5) is 4.39 Å². The number of ether oxygens (including phenoxy) is 1. The van der Waals surface area contributed by atoms with Gasteiger partial charge in [-0.05, 0) is 79.1 Å². The van der Waals surface area contributed by atoms with Crippen molar-refractivity contribution in [2.75, 3.05) is 13.1 Å². The minimum Gasteiger partial charge on any atom is -0.489 e. The second-order valence-corrected chi connectivity index (χ2v) is 8.32. The lowest BCUT2D eigenvalue weighted by Crippen LogP contribution is -2.40. The number of rotatable bonds is 6. The smallest absolute Gasteiger partial charge is 0.303 e. The number of aliphatic carboxylic acids is 1. The predicted molar refractivity (Wildman–Crippen MR) is 110 cm³/mol. The zero-order chi connectivity index (χ0) is 20.4. The molecule has 0 saturated carbocycles. The van der Waals surface area contributed by atoms with Crippen LogP contribution < -0.4 is 10.1 Å². The van der Waals surface area contributed by atoms with Crippen molar-refractivity contribution in [2.45, 2.75) is 51.6 Å². The molecule has 1 saturated heterocycles. The fourth-order valence-electron chi connectivity index (χ4n) is 5.20. The molecular formula is C24H28FNO3. The number of aryl methyl sites for hydroxylation is 1. The maximum absolute atomic E-state index is 14.2. The van der Waals surface area contributed by atoms with Gasteiger partial charge in [0.15, 0.2) is 0 Å². The third-order valence-corrected chi connectivity index (χ3v) is 6.73. The number of carbonyl (C=O) groups is 1. The van der Waals surface area contributed by atoms with Crippen molar-refractivity contribution >= 4 is 5.97 Å². The van der Waals surface area contributed by atoms with Crippen LogP contribution in [0.1, 0.15) is 54.4 Å². The van der Waals surface area contributed by atoms with E-state index in [0.29, 0.717) is 11.3 Å². The molecule has 0 radical (unpaired) electrons. The minimum atomic E-state index is -0.743. The summed E-state index contributed by atoms with van der Waals surface area (Å²) in [7, 11) is 0. The summed E-state index contributed by atoms with van der Waals surface area (Å²) in [6, 6.07) is 11.1. The summed E-state index contributed by atoms with van der Waals surface area (Å²) in [4.78, 5) is 11.5. The van der Waals surface area contributed by atoms with Gasteiger partial charge in [-0.25, -0.2) is 4.39 Å². The Morgan fingerprint density at radius 1 is 1.28 bits per heavy atom. The molecule has 154 valence electrons. The Bertz CT molecular complexity index is 905.